The van der Waals surface area contributed by atoms with Gasteiger partial charge in [0.05, 0.1) is 5.69 Å². The zero-order valence-electron chi connectivity index (χ0n) is 16.0. The van der Waals surface area contributed by atoms with Crippen molar-refractivity contribution in [1.29, 1.82) is 0 Å². The molecule has 0 atom stereocenters. The second kappa shape index (κ2) is 7.95. The Kier molecular flexibility index (Phi) is 5.45. The number of rotatable bonds is 4. The van der Waals surface area contributed by atoms with E-state index in [4.69, 9.17) is 0 Å². The number of aryl methyl sites for hydroxylation is 1. The molecule has 6 nitrogen and oxygen atoms in total. The van der Waals surface area contributed by atoms with Gasteiger partial charge in [-0.15, -0.1) is 0 Å². The van der Waals surface area contributed by atoms with Crippen molar-refractivity contribution in [2.24, 2.45) is 4.99 Å². The molecule has 3 rings (SSSR count). The van der Waals surface area contributed by atoms with Gasteiger partial charge in [0.15, 0.2) is 0 Å². The first-order valence-corrected chi connectivity index (χ1v) is 8.73. The molecule has 0 aliphatic carbocycles. The molecule has 2 heterocycles. The second-order valence-corrected chi connectivity index (χ2v) is 6.52. The van der Waals surface area contributed by atoms with E-state index in [9.17, 15) is 4.79 Å². The van der Waals surface area contributed by atoms with E-state index < -0.39 is 0 Å². The molecule has 0 saturated heterocycles. The Labute approximate surface area is 158 Å². The van der Waals surface area contributed by atoms with Crippen LogP contribution in [-0.4, -0.2) is 46.8 Å². The van der Waals surface area contributed by atoms with E-state index in [0.29, 0.717) is 29.3 Å². The summed E-state index contributed by atoms with van der Waals surface area (Å²) in [5, 5.41) is 0. The fourth-order valence-electron chi connectivity index (χ4n) is 3.08. The highest BCUT2D eigenvalue weighted by molar-refractivity contribution is 5.98. The van der Waals surface area contributed by atoms with Crippen LogP contribution in [0.3, 0.4) is 0 Å². The number of H-pyrrole nitrogens is 1. The molecule has 0 bridgehead atoms. The van der Waals surface area contributed by atoms with Crippen LogP contribution in [0.15, 0.2) is 58.6 Å². The van der Waals surface area contributed by atoms with E-state index in [2.05, 4.69) is 44.2 Å². The number of aromatic nitrogens is 3. The minimum atomic E-state index is -0.166. The molecule has 0 radical (unpaired) electrons. The van der Waals surface area contributed by atoms with Crippen molar-refractivity contribution in [3.05, 3.63) is 81.8 Å². The monoisotopic (exact) mass is 361 g/mol. The predicted octanol–water partition coefficient (Wildman–Crippen LogP) is 2.67. The van der Waals surface area contributed by atoms with Crippen LogP contribution in [0, 0.1) is 6.92 Å². The zero-order chi connectivity index (χ0) is 19.4. The van der Waals surface area contributed by atoms with Gasteiger partial charge in [0.1, 0.15) is 17.2 Å². The van der Waals surface area contributed by atoms with Crippen molar-refractivity contribution in [3.63, 3.8) is 0 Å². The van der Waals surface area contributed by atoms with Crippen LogP contribution < -0.4 is 5.56 Å². The van der Waals surface area contributed by atoms with Crippen LogP contribution in [0.2, 0.25) is 0 Å². The molecule has 1 N–H and O–H groups in total. The molecule has 138 valence electrons. The van der Waals surface area contributed by atoms with Crippen molar-refractivity contribution in [3.8, 4) is 11.1 Å². The summed E-state index contributed by atoms with van der Waals surface area (Å²) < 4.78 is 0. The Balaban J connectivity index is 1.85. The Morgan fingerprint density at radius 1 is 1.07 bits per heavy atom. The van der Waals surface area contributed by atoms with Gasteiger partial charge in [-0.2, -0.15) is 0 Å². The summed E-state index contributed by atoms with van der Waals surface area (Å²) >= 11 is 0. The topological polar surface area (TPSA) is 74.2 Å². The first-order chi connectivity index (χ1) is 13.0. The van der Waals surface area contributed by atoms with Crippen LogP contribution in [0.25, 0.3) is 11.1 Å². The van der Waals surface area contributed by atoms with Gasteiger partial charge in [0.25, 0.3) is 5.56 Å². The zero-order valence-corrected chi connectivity index (χ0v) is 16.0. The summed E-state index contributed by atoms with van der Waals surface area (Å²) in [5.41, 5.74) is 4.36. The molecule has 0 aliphatic rings. The third-order valence-corrected chi connectivity index (χ3v) is 4.35. The van der Waals surface area contributed by atoms with Gasteiger partial charge in [-0.3, -0.25) is 14.8 Å². The van der Waals surface area contributed by atoms with Crippen LogP contribution >= 0.6 is 0 Å². The number of hydrogen-bond acceptors (Lipinski definition) is 4. The third-order valence-electron chi connectivity index (χ3n) is 4.35. The number of aliphatic imine (C=N–C) groups is 1. The van der Waals surface area contributed by atoms with Crippen molar-refractivity contribution in [2.45, 2.75) is 13.3 Å². The largest absolute Gasteiger partial charge is 0.362 e. The Hall–Kier alpha value is -3.28. The number of nitrogens with zero attached hydrogens (tertiary/aromatic N) is 4. The van der Waals surface area contributed by atoms with E-state index in [1.54, 1.807) is 19.4 Å². The molecule has 1 aromatic carbocycles. The second-order valence-electron chi connectivity index (χ2n) is 6.52. The molecule has 27 heavy (non-hydrogen) atoms. The average molecular weight is 361 g/mol. The van der Waals surface area contributed by atoms with Gasteiger partial charge in [0.2, 0.25) is 0 Å². The number of pyridine rings is 1. The Morgan fingerprint density at radius 2 is 1.70 bits per heavy atom. The molecule has 0 amide bonds. The molecule has 0 unspecified atom stereocenters. The average Bonchev–Trinajstić information content (AvgIpc) is 2.65. The molecule has 0 saturated carbocycles. The van der Waals surface area contributed by atoms with Crippen molar-refractivity contribution >= 4 is 5.84 Å². The lowest BCUT2D eigenvalue weighted by atomic mass is 10.0. The van der Waals surface area contributed by atoms with Gasteiger partial charge >= 0.3 is 0 Å². The highest BCUT2D eigenvalue weighted by Gasteiger charge is 2.15. The van der Waals surface area contributed by atoms with Gasteiger partial charge in [0, 0.05) is 40.0 Å². The lowest BCUT2D eigenvalue weighted by Crippen LogP contribution is -2.32. The van der Waals surface area contributed by atoms with Gasteiger partial charge in [-0.25, -0.2) is 4.98 Å². The maximum Gasteiger partial charge on any atom is 0.262 e. The lowest BCUT2D eigenvalue weighted by molar-refractivity contribution is 0.620. The summed E-state index contributed by atoms with van der Waals surface area (Å²) in [4.78, 5) is 30.1. The van der Waals surface area contributed by atoms with Crippen LogP contribution in [0.1, 0.15) is 22.6 Å². The summed E-state index contributed by atoms with van der Waals surface area (Å²) in [5.74, 6) is 1.27. The number of hydrogen-bond donors (Lipinski definition) is 1. The number of nitrogens with one attached hydrogen (secondary N) is 1. The van der Waals surface area contributed by atoms with E-state index in [1.165, 1.54) is 0 Å². The highest BCUT2D eigenvalue weighted by atomic mass is 16.1. The molecule has 0 aliphatic heterocycles. The van der Waals surface area contributed by atoms with Crippen molar-refractivity contribution in [1.82, 2.24) is 19.9 Å². The SMILES string of the molecule is CN=C(c1c(C)nc(Cc2ccc(-c3ccncc3)cc2)[nH]c1=O)N(C)C. The van der Waals surface area contributed by atoms with Crippen LogP contribution in [0.4, 0.5) is 0 Å². The quantitative estimate of drug-likeness (QED) is 0.573. The fourth-order valence-corrected chi connectivity index (χ4v) is 3.08. The van der Waals surface area contributed by atoms with E-state index in [-0.39, 0.29) is 5.56 Å². The van der Waals surface area contributed by atoms with Crippen molar-refractivity contribution in [2.75, 3.05) is 21.1 Å². The fraction of sp³-hybridized carbons (Fsp3) is 0.238. The maximum absolute atomic E-state index is 12.6. The molecule has 2 aromatic heterocycles. The van der Waals surface area contributed by atoms with Gasteiger partial charge in [-0.05, 0) is 35.7 Å². The summed E-state index contributed by atoms with van der Waals surface area (Å²) in [6.45, 7) is 1.84. The Bertz CT molecular complexity index is 1000. The van der Waals surface area contributed by atoms with Gasteiger partial charge in [-0.1, -0.05) is 24.3 Å². The normalized spacial score (nSPS) is 11.5. The van der Waals surface area contributed by atoms with E-state index in [0.717, 1.165) is 16.7 Å². The third kappa shape index (κ3) is 4.11. The highest BCUT2D eigenvalue weighted by Crippen LogP contribution is 2.19. The molecule has 0 fully saturated rings. The molecule has 6 heteroatoms. The van der Waals surface area contributed by atoms with Gasteiger partial charge < -0.3 is 9.88 Å². The van der Waals surface area contributed by atoms with Crippen molar-refractivity contribution < 1.29 is 0 Å². The molecule has 0 spiro atoms. The summed E-state index contributed by atoms with van der Waals surface area (Å²) in [7, 11) is 5.39. The standard InChI is InChI=1S/C21H23N5O/c1-14-19(20(22-2)26(3)4)21(27)25-18(24-14)13-15-5-7-16(8-6-15)17-9-11-23-12-10-17/h5-12H,13H2,1-4H3,(H,24,25,27). The van der Waals surface area contributed by atoms with E-state index >= 15 is 0 Å². The molecular formula is C21H23N5O. The van der Waals surface area contributed by atoms with Crippen LogP contribution in [0.5, 0.6) is 0 Å². The molecule has 3 aromatic rings. The first kappa shape index (κ1) is 18.5. The first-order valence-electron chi connectivity index (χ1n) is 8.73. The van der Waals surface area contributed by atoms with Crippen LogP contribution in [-0.2, 0) is 6.42 Å². The predicted molar refractivity (Wildman–Crippen MR) is 108 cm³/mol. The lowest BCUT2D eigenvalue weighted by Gasteiger charge is -2.16. The summed E-state index contributed by atoms with van der Waals surface area (Å²) in [6, 6.07) is 12.2. The minimum absolute atomic E-state index is 0.166. The smallest absolute Gasteiger partial charge is 0.262 e. The summed E-state index contributed by atoms with van der Waals surface area (Å²) in [6.07, 6.45) is 4.13. The number of aromatic amines is 1. The molecular weight excluding hydrogens is 338 g/mol. The number of benzene rings is 1. The van der Waals surface area contributed by atoms with E-state index in [1.807, 2.05) is 38.1 Å². The number of amidine groups is 1. The maximum atomic E-state index is 12.6. The minimum Gasteiger partial charge on any atom is -0.362 e. The Morgan fingerprint density at radius 3 is 2.26 bits per heavy atom.